The van der Waals surface area contributed by atoms with Crippen molar-refractivity contribution in [1.29, 1.82) is 0 Å². The number of carbonyl (C=O) groups excluding carboxylic acids is 1. The second-order valence-corrected chi connectivity index (χ2v) is 6.79. The first-order valence-corrected chi connectivity index (χ1v) is 9.00. The van der Waals surface area contributed by atoms with E-state index in [4.69, 9.17) is 10.5 Å². The van der Waals surface area contributed by atoms with Gasteiger partial charge in [0.15, 0.2) is 11.6 Å². The number of rotatable bonds is 5. The number of carbonyl (C=O) groups is 1. The van der Waals surface area contributed by atoms with E-state index in [-0.39, 0.29) is 30.2 Å². The van der Waals surface area contributed by atoms with Gasteiger partial charge in [-0.25, -0.2) is 13.8 Å². The molecule has 1 fully saturated rings. The van der Waals surface area contributed by atoms with E-state index in [9.17, 15) is 13.6 Å². The zero-order chi connectivity index (χ0) is 17.8. The number of aromatic nitrogens is 1. The van der Waals surface area contributed by atoms with Crippen LogP contribution in [0, 0.1) is 11.6 Å². The van der Waals surface area contributed by atoms with Crippen LogP contribution in [0.15, 0.2) is 23.6 Å². The summed E-state index contributed by atoms with van der Waals surface area (Å²) in [6.07, 6.45) is 1.63. The molecule has 0 unspecified atom stereocenters. The normalized spacial score (nSPS) is 14.8. The second kappa shape index (κ2) is 9.25. The minimum Gasteiger partial charge on any atom is -0.487 e. The van der Waals surface area contributed by atoms with E-state index in [0.717, 1.165) is 17.1 Å². The number of hydrogen-bond acceptors (Lipinski definition) is 5. The lowest BCUT2D eigenvalue weighted by Crippen LogP contribution is -2.42. The molecule has 9 heteroatoms. The number of benzene rings is 1. The minimum absolute atomic E-state index is 0. The third-order valence-electron chi connectivity index (χ3n) is 4.05. The molecule has 2 heterocycles. The molecule has 1 aromatic heterocycles. The summed E-state index contributed by atoms with van der Waals surface area (Å²) < 4.78 is 32.2. The molecule has 2 N–H and O–H groups in total. The van der Waals surface area contributed by atoms with E-state index in [2.05, 4.69) is 4.98 Å². The van der Waals surface area contributed by atoms with Gasteiger partial charge >= 0.3 is 0 Å². The Kier molecular flexibility index (Phi) is 7.31. The summed E-state index contributed by atoms with van der Waals surface area (Å²) in [5, 5.41) is 2.61. The van der Waals surface area contributed by atoms with Crippen molar-refractivity contribution in [3.63, 3.8) is 0 Å². The maximum absolute atomic E-state index is 13.7. The number of likely N-dealkylation sites (tertiary alicyclic amines) is 1. The van der Waals surface area contributed by atoms with Crippen molar-refractivity contribution < 1.29 is 18.3 Å². The van der Waals surface area contributed by atoms with Crippen LogP contribution in [0.1, 0.15) is 28.3 Å². The lowest BCUT2D eigenvalue weighted by atomic mass is 10.1. The highest BCUT2D eigenvalue weighted by atomic mass is 35.5. The number of piperidine rings is 1. The van der Waals surface area contributed by atoms with Gasteiger partial charge in [-0.05, 0) is 18.7 Å². The first kappa shape index (κ1) is 20.5. The molecule has 5 nitrogen and oxygen atoms in total. The van der Waals surface area contributed by atoms with Crippen molar-refractivity contribution in [2.45, 2.75) is 25.4 Å². The molecule has 1 saturated heterocycles. The van der Waals surface area contributed by atoms with Crippen molar-refractivity contribution in [2.75, 3.05) is 19.6 Å². The molecular formula is C17H20ClF2N3O2S. The van der Waals surface area contributed by atoms with Gasteiger partial charge in [0, 0.05) is 43.8 Å². The zero-order valence-corrected chi connectivity index (χ0v) is 15.6. The summed E-state index contributed by atoms with van der Waals surface area (Å²) in [5.41, 5.74) is 5.94. The Bertz CT molecular complexity index is 751. The summed E-state index contributed by atoms with van der Waals surface area (Å²) in [5.74, 6) is -1.42. The molecule has 0 bridgehead atoms. The standard InChI is InChI=1S/C17H19F2N3O2S.ClH/c18-11-1-2-15(13(19)9-11)24-12-4-7-22(8-5-12)17(23)14-10-25-16(21-14)3-6-20;/h1-2,9-10,12H,3-8,20H2;1H. The predicted octanol–water partition coefficient (Wildman–Crippen LogP) is 3.03. The summed E-state index contributed by atoms with van der Waals surface area (Å²) >= 11 is 1.44. The Morgan fingerprint density at radius 3 is 2.73 bits per heavy atom. The summed E-state index contributed by atoms with van der Waals surface area (Å²) in [6, 6.07) is 3.25. The largest absolute Gasteiger partial charge is 0.487 e. The highest BCUT2D eigenvalue weighted by Gasteiger charge is 2.26. The molecule has 2 aromatic rings. The number of ether oxygens (including phenoxy) is 1. The van der Waals surface area contributed by atoms with Gasteiger partial charge in [-0.3, -0.25) is 4.79 Å². The van der Waals surface area contributed by atoms with Crippen molar-refractivity contribution in [3.8, 4) is 5.75 Å². The van der Waals surface area contributed by atoms with Gasteiger partial charge in [0.2, 0.25) is 0 Å². The van der Waals surface area contributed by atoms with Gasteiger partial charge in [0.05, 0.1) is 5.01 Å². The third kappa shape index (κ3) is 4.90. The Labute approximate surface area is 160 Å². The van der Waals surface area contributed by atoms with Gasteiger partial charge in [0.1, 0.15) is 17.6 Å². The van der Waals surface area contributed by atoms with Gasteiger partial charge in [-0.2, -0.15) is 0 Å². The zero-order valence-electron chi connectivity index (χ0n) is 14.0. The second-order valence-electron chi connectivity index (χ2n) is 5.85. The van der Waals surface area contributed by atoms with Crippen LogP contribution in [0.2, 0.25) is 0 Å². The summed E-state index contributed by atoms with van der Waals surface area (Å²) in [7, 11) is 0. The summed E-state index contributed by atoms with van der Waals surface area (Å²) in [6.45, 7) is 1.52. The van der Waals surface area contributed by atoms with Crippen LogP contribution >= 0.6 is 23.7 Å². The number of nitrogens with two attached hydrogens (primary N) is 1. The van der Waals surface area contributed by atoms with Crippen molar-refractivity contribution in [2.24, 2.45) is 5.73 Å². The lowest BCUT2D eigenvalue weighted by Gasteiger charge is -2.31. The van der Waals surface area contributed by atoms with E-state index in [1.807, 2.05) is 0 Å². The number of hydrogen-bond donors (Lipinski definition) is 1. The number of nitrogens with zero attached hydrogens (tertiary/aromatic N) is 2. The van der Waals surface area contributed by atoms with Crippen LogP contribution in [-0.2, 0) is 6.42 Å². The minimum atomic E-state index is -0.714. The average Bonchev–Trinajstić information content (AvgIpc) is 3.06. The van der Waals surface area contributed by atoms with Crippen molar-refractivity contribution in [1.82, 2.24) is 9.88 Å². The summed E-state index contributed by atoms with van der Waals surface area (Å²) in [4.78, 5) is 18.5. The highest BCUT2D eigenvalue weighted by molar-refractivity contribution is 7.09. The van der Waals surface area contributed by atoms with Crippen LogP contribution in [0.3, 0.4) is 0 Å². The number of halogens is 3. The van der Waals surface area contributed by atoms with E-state index < -0.39 is 11.6 Å². The molecule has 0 aliphatic carbocycles. The number of thiazole rings is 1. The van der Waals surface area contributed by atoms with E-state index in [1.165, 1.54) is 17.4 Å². The Hall–Kier alpha value is -1.77. The molecule has 142 valence electrons. The molecule has 1 aliphatic heterocycles. The Morgan fingerprint density at radius 2 is 2.08 bits per heavy atom. The smallest absolute Gasteiger partial charge is 0.273 e. The van der Waals surface area contributed by atoms with Crippen LogP contribution in [0.4, 0.5) is 8.78 Å². The average molecular weight is 404 g/mol. The Balaban J connectivity index is 0.00000243. The molecule has 26 heavy (non-hydrogen) atoms. The van der Waals surface area contributed by atoms with Crippen LogP contribution in [-0.4, -0.2) is 41.5 Å². The molecule has 0 atom stereocenters. The van der Waals surface area contributed by atoms with Gasteiger partial charge in [0.25, 0.3) is 5.91 Å². The third-order valence-corrected chi connectivity index (χ3v) is 4.95. The SMILES string of the molecule is Cl.NCCc1nc(C(=O)N2CCC(Oc3ccc(F)cc3F)CC2)cs1. The molecule has 0 radical (unpaired) electrons. The molecular weight excluding hydrogens is 384 g/mol. The van der Waals surface area contributed by atoms with Crippen molar-refractivity contribution in [3.05, 3.63) is 45.9 Å². The van der Waals surface area contributed by atoms with Crippen molar-refractivity contribution >= 4 is 29.7 Å². The highest BCUT2D eigenvalue weighted by Crippen LogP contribution is 2.23. The van der Waals surface area contributed by atoms with Gasteiger partial charge in [-0.15, -0.1) is 23.7 Å². The molecule has 0 saturated carbocycles. The van der Waals surface area contributed by atoms with Crippen LogP contribution < -0.4 is 10.5 Å². The van der Waals surface area contributed by atoms with E-state index >= 15 is 0 Å². The molecule has 1 amide bonds. The molecule has 0 spiro atoms. The van der Waals surface area contributed by atoms with Crippen LogP contribution in [0.5, 0.6) is 5.75 Å². The number of amides is 1. The van der Waals surface area contributed by atoms with Gasteiger partial charge < -0.3 is 15.4 Å². The van der Waals surface area contributed by atoms with E-state index in [0.29, 0.717) is 44.6 Å². The van der Waals surface area contributed by atoms with Gasteiger partial charge in [-0.1, -0.05) is 0 Å². The molecule has 1 aliphatic rings. The monoisotopic (exact) mass is 403 g/mol. The fraction of sp³-hybridized carbons (Fsp3) is 0.412. The fourth-order valence-corrected chi connectivity index (χ4v) is 3.52. The molecule has 1 aromatic carbocycles. The van der Waals surface area contributed by atoms with E-state index in [1.54, 1.807) is 10.3 Å². The quantitative estimate of drug-likeness (QED) is 0.833. The van der Waals surface area contributed by atoms with Crippen LogP contribution in [0.25, 0.3) is 0 Å². The Morgan fingerprint density at radius 1 is 1.35 bits per heavy atom. The first-order valence-electron chi connectivity index (χ1n) is 8.12. The topological polar surface area (TPSA) is 68.5 Å². The predicted molar refractivity (Wildman–Crippen MR) is 98.0 cm³/mol. The maximum atomic E-state index is 13.7. The fourth-order valence-electron chi connectivity index (χ4n) is 2.74. The lowest BCUT2D eigenvalue weighted by molar-refractivity contribution is 0.0583. The maximum Gasteiger partial charge on any atom is 0.273 e. The first-order chi connectivity index (χ1) is 12.1. The molecule has 3 rings (SSSR count).